The van der Waals surface area contributed by atoms with Crippen molar-refractivity contribution in [1.82, 2.24) is 4.90 Å². The van der Waals surface area contributed by atoms with E-state index < -0.39 is 5.60 Å². The number of carbonyl (C=O) groups is 1. The summed E-state index contributed by atoms with van der Waals surface area (Å²) in [4.78, 5) is 13.9. The molecule has 2 heterocycles. The fourth-order valence-electron chi connectivity index (χ4n) is 2.73. The Kier molecular flexibility index (Phi) is 4.05. The number of aliphatic hydroxyl groups is 1. The molecule has 2 atom stereocenters. The van der Waals surface area contributed by atoms with Crippen molar-refractivity contribution in [2.24, 2.45) is 0 Å². The molecule has 0 aromatic rings. The number of piperidine rings is 1. The lowest BCUT2D eigenvalue weighted by atomic mass is 9.94. The van der Waals surface area contributed by atoms with Crippen LogP contribution in [0.3, 0.4) is 0 Å². The first kappa shape index (κ1) is 12.8. The maximum atomic E-state index is 12.1. The Morgan fingerprint density at radius 2 is 2.29 bits per heavy atom. The van der Waals surface area contributed by atoms with Crippen LogP contribution in [0.25, 0.3) is 0 Å². The number of hydrogen-bond donors (Lipinski definition) is 1. The molecule has 2 saturated heterocycles. The number of β-amino-alcohol motifs (C(OH)–C–C–N with tert-alkyl or cyclic N) is 1. The minimum Gasteiger partial charge on any atom is -0.388 e. The Balaban J connectivity index is 1.82. The van der Waals surface area contributed by atoms with E-state index in [-0.39, 0.29) is 12.0 Å². The highest BCUT2D eigenvalue weighted by atomic mass is 16.5. The lowest BCUT2D eigenvalue weighted by Crippen LogP contribution is -2.49. The fraction of sp³-hybridized carbons (Fsp3) is 0.923. The van der Waals surface area contributed by atoms with E-state index in [4.69, 9.17) is 4.74 Å². The second-order valence-electron chi connectivity index (χ2n) is 5.61. The predicted octanol–water partition coefficient (Wildman–Crippen LogP) is 1.32. The van der Waals surface area contributed by atoms with Gasteiger partial charge in [-0.2, -0.15) is 0 Å². The minimum atomic E-state index is -0.707. The van der Waals surface area contributed by atoms with Crippen molar-refractivity contribution in [3.63, 3.8) is 0 Å². The van der Waals surface area contributed by atoms with E-state index in [0.717, 1.165) is 45.3 Å². The van der Waals surface area contributed by atoms with Gasteiger partial charge >= 0.3 is 0 Å². The van der Waals surface area contributed by atoms with E-state index in [1.807, 2.05) is 6.92 Å². The molecule has 0 saturated carbocycles. The predicted molar refractivity (Wildman–Crippen MR) is 64.6 cm³/mol. The van der Waals surface area contributed by atoms with Crippen LogP contribution in [0.1, 0.15) is 45.4 Å². The molecule has 2 fully saturated rings. The van der Waals surface area contributed by atoms with Crippen molar-refractivity contribution in [3.05, 3.63) is 0 Å². The molecule has 2 aliphatic heterocycles. The number of carbonyl (C=O) groups excluding carboxylic acids is 1. The monoisotopic (exact) mass is 241 g/mol. The van der Waals surface area contributed by atoms with E-state index in [1.165, 1.54) is 0 Å². The topological polar surface area (TPSA) is 49.8 Å². The summed E-state index contributed by atoms with van der Waals surface area (Å²) in [5.74, 6) is 0.136. The van der Waals surface area contributed by atoms with Gasteiger partial charge in [0.05, 0.1) is 18.1 Å². The molecule has 1 amide bonds. The Morgan fingerprint density at radius 3 is 2.94 bits per heavy atom. The van der Waals surface area contributed by atoms with Gasteiger partial charge in [0.1, 0.15) is 0 Å². The maximum Gasteiger partial charge on any atom is 0.225 e. The van der Waals surface area contributed by atoms with Gasteiger partial charge in [-0.3, -0.25) is 4.79 Å². The fourth-order valence-corrected chi connectivity index (χ4v) is 2.73. The molecule has 4 nitrogen and oxygen atoms in total. The average molecular weight is 241 g/mol. The standard InChI is InChI=1S/C13H23NO3/c1-13(16)6-4-7-14(10-13)12(15)9-11-5-2-3-8-17-11/h11,16H,2-10H2,1H3. The van der Waals surface area contributed by atoms with Crippen molar-refractivity contribution in [1.29, 1.82) is 0 Å². The molecule has 0 aromatic carbocycles. The summed E-state index contributed by atoms with van der Waals surface area (Å²) < 4.78 is 5.58. The van der Waals surface area contributed by atoms with E-state index in [0.29, 0.717) is 13.0 Å². The summed E-state index contributed by atoms with van der Waals surface area (Å²) in [6.45, 7) is 3.85. The molecule has 2 aliphatic rings. The lowest BCUT2D eigenvalue weighted by Gasteiger charge is -2.37. The summed E-state index contributed by atoms with van der Waals surface area (Å²) in [7, 11) is 0. The van der Waals surface area contributed by atoms with Gasteiger partial charge in [-0.15, -0.1) is 0 Å². The summed E-state index contributed by atoms with van der Waals surface area (Å²) >= 11 is 0. The first-order chi connectivity index (χ1) is 8.07. The van der Waals surface area contributed by atoms with E-state index in [9.17, 15) is 9.90 Å². The van der Waals surface area contributed by atoms with Crippen molar-refractivity contribution in [2.75, 3.05) is 19.7 Å². The summed E-state index contributed by atoms with van der Waals surface area (Å²) in [5, 5.41) is 9.97. The molecule has 0 bridgehead atoms. The van der Waals surface area contributed by atoms with Crippen LogP contribution in [-0.2, 0) is 9.53 Å². The van der Waals surface area contributed by atoms with Crippen molar-refractivity contribution >= 4 is 5.91 Å². The van der Waals surface area contributed by atoms with E-state index in [2.05, 4.69) is 0 Å². The molecular formula is C13H23NO3. The highest BCUT2D eigenvalue weighted by molar-refractivity contribution is 5.76. The molecular weight excluding hydrogens is 218 g/mol. The third-order valence-corrected chi connectivity index (χ3v) is 3.70. The normalized spacial score (nSPS) is 34.7. The maximum absolute atomic E-state index is 12.1. The van der Waals surface area contributed by atoms with Crippen LogP contribution in [0.5, 0.6) is 0 Å². The molecule has 2 rings (SSSR count). The molecule has 17 heavy (non-hydrogen) atoms. The zero-order valence-electron chi connectivity index (χ0n) is 10.7. The number of hydrogen-bond acceptors (Lipinski definition) is 3. The van der Waals surface area contributed by atoms with Gasteiger partial charge in [0.15, 0.2) is 0 Å². The highest BCUT2D eigenvalue weighted by Gasteiger charge is 2.31. The van der Waals surface area contributed by atoms with Gasteiger partial charge in [-0.1, -0.05) is 0 Å². The third-order valence-electron chi connectivity index (χ3n) is 3.70. The summed E-state index contributed by atoms with van der Waals surface area (Å²) in [5.41, 5.74) is -0.707. The number of ether oxygens (including phenoxy) is 1. The second kappa shape index (κ2) is 5.36. The van der Waals surface area contributed by atoms with Crippen LogP contribution in [0.4, 0.5) is 0 Å². The largest absolute Gasteiger partial charge is 0.388 e. The second-order valence-corrected chi connectivity index (χ2v) is 5.61. The number of likely N-dealkylation sites (tertiary alicyclic amines) is 1. The highest BCUT2D eigenvalue weighted by Crippen LogP contribution is 2.22. The SMILES string of the molecule is CC1(O)CCCN(C(=O)CC2CCCCO2)C1. The summed E-state index contributed by atoms with van der Waals surface area (Å²) in [6, 6.07) is 0. The van der Waals surface area contributed by atoms with Crippen molar-refractivity contribution < 1.29 is 14.6 Å². The van der Waals surface area contributed by atoms with Crippen LogP contribution in [0.15, 0.2) is 0 Å². The number of rotatable bonds is 2. The zero-order chi connectivity index (χ0) is 12.3. The Hall–Kier alpha value is -0.610. The van der Waals surface area contributed by atoms with Crippen LogP contribution >= 0.6 is 0 Å². The smallest absolute Gasteiger partial charge is 0.225 e. The summed E-state index contributed by atoms with van der Waals surface area (Å²) in [6.07, 6.45) is 5.54. The number of nitrogens with zero attached hydrogens (tertiary/aromatic N) is 1. The van der Waals surface area contributed by atoms with Gasteiger partial charge in [0, 0.05) is 19.7 Å². The molecule has 4 heteroatoms. The Labute approximate surface area is 103 Å². The van der Waals surface area contributed by atoms with Crippen LogP contribution in [-0.4, -0.2) is 47.3 Å². The van der Waals surface area contributed by atoms with Crippen molar-refractivity contribution in [2.45, 2.75) is 57.2 Å². The molecule has 0 radical (unpaired) electrons. The van der Waals surface area contributed by atoms with Gasteiger partial charge in [0.25, 0.3) is 0 Å². The van der Waals surface area contributed by atoms with Gasteiger partial charge in [-0.25, -0.2) is 0 Å². The first-order valence-corrected chi connectivity index (χ1v) is 6.69. The van der Waals surface area contributed by atoms with Crippen LogP contribution < -0.4 is 0 Å². The van der Waals surface area contributed by atoms with Gasteiger partial charge < -0.3 is 14.7 Å². The van der Waals surface area contributed by atoms with Gasteiger partial charge in [-0.05, 0) is 39.0 Å². The minimum absolute atomic E-state index is 0.100. The average Bonchev–Trinajstić information content (AvgIpc) is 2.29. The van der Waals surface area contributed by atoms with Crippen molar-refractivity contribution in [3.8, 4) is 0 Å². The lowest BCUT2D eigenvalue weighted by molar-refractivity contribution is -0.141. The molecule has 0 spiro atoms. The molecule has 1 N–H and O–H groups in total. The molecule has 0 aromatic heterocycles. The number of amides is 1. The quantitative estimate of drug-likeness (QED) is 0.793. The van der Waals surface area contributed by atoms with E-state index in [1.54, 1.807) is 4.90 Å². The van der Waals surface area contributed by atoms with Crippen LogP contribution in [0, 0.1) is 0 Å². The Bertz CT molecular complexity index is 272. The third kappa shape index (κ3) is 3.68. The van der Waals surface area contributed by atoms with Gasteiger partial charge in [0.2, 0.25) is 5.91 Å². The molecule has 98 valence electrons. The van der Waals surface area contributed by atoms with E-state index >= 15 is 0 Å². The van der Waals surface area contributed by atoms with Crippen LogP contribution in [0.2, 0.25) is 0 Å². The first-order valence-electron chi connectivity index (χ1n) is 6.69. The Morgan fingerprint density at radius 1 is 1.47 bits per heavy atom. The molecule has 2 unspecified atom stereocenters. The molecule has 0 aliphatic carbocycles. The zero-order valence-corrected chi connectivity index (χ0v) is 10.7.